The monoisotopic (exact) mass is 450 g/mol. The van der Waals surface area contributed by atoms with Crippen LogP contribution in [0.1, 0.15) is 42.4 Å². The second-order valence-electron chi connectivity index (χ2n) is 10.3. The van der Waals surface area contributed by atoms with Crippen molar-refractivity contribution < 1.29 is 9.53 Å². The molecule has 0 saturated carbocycles. The third-order valence-corrected chi connectivity index (χ3v) is 8.90. The molecule has 8 rings (SSSR count). The number of para-hydroxylation sites is 2. The zero-order valence-electron chi connectivity index (χ0n) is 19.5. The lowest BCUT2D eigenvalue weighted by atomic mass is 9.85. The fourth-order valence-electron chi connectivity index (χ4n) is 7.25. The third kappa shape index (κ3) is 1.93. The average Bonchev–Trinajstić information content (AvgIpc) is 3.48. The van der Waals surface area contributed by atoms with Gasteiger partial charge in [0, 0.05) is 46.5 Å². The number of hydrogen-bond acceptors (Lipinski definition) is 3. The number of carbonyl (C=O) groups is 1. The normalized spacial score (nSPS) is 27.7. The molecule has 170 valence electrons. The van der Waals surface area contributed by atoms with E-state index >= 15 is 0 Å². The molecule has 2 bridgehead atoms. The van der Waals surface area contributed by atoms with Crippen molar-refractivity contribution in [2.45, 2.75) is 44.8 Å². The van der Waals surface area contributed by atoms with Crippen molar-refractivity contribution in [2.75, 3.05) is 7.05 Å². The van der Waals surface area contributed by atoms with Gasteiger partial charge in [-0.2, -0.15) is 0 Å². The molecule has 0 aliphatic carbocycles. The predicted octanol–water partition coefficient (Wildman–Crippen LogP) is 4.98. The van der Waals surface area contributed by atoms with Crippen molar-refractivity contribution in [2.24, 2.45) is 5.92 Å². The number of rotatable bonds is 1. The van der Waals surface area contributed by atoms with E-state index in [1.807, 2.05) is 0 Å². The molecule has 6 heteroatoms. The molecule has 2 aromatic heterocycles. The van der Waals surface area contributed by atoms with E-state index in [0.717, 1.165) is 44.9 Å². The van der Waals surface area contributed by atoms with Gasteiger partial charge in [-0.15, -0.1) is 0 Å². The topological polar surface area (TPSA) is 60.2 Å². The van der Waals surface area contributed by atoms with Gasteiger partial charge in [0.25, 0.3) is 5.91 Å². The van der Waals surface area contributed by atoms with Crippen LogP contribution < -0.4 is 10.6 Å². The molecule has 34 heavy (non-hydrogen) atoms. The standard InChI is InChI=1S/C28H26N4O2/c1-14-18(29-3)12-21-31-19-10-6-4-8-15(19)23-24-17(13-30-27(24)33)22-16-9-5-7-11-20(16)32(26(22)25(23)31)28(14,2)34-21/h4-11,14,18,21,29H,12-13H2,1-3H3,(H,30,33)/t14-,18-,21-,28-/m0/s1. The molecule has 4 atom stereocenters. The van der Waals surface area contributed by atoms with Crippen LogP contribution in [0.4, 0.5) is 0 Å². The molecule has 3 aliphatic heterocycles. The molecule has 0 spiro atoms. The summed E-state index contributed by atoms with van der Waals surface area (Å²) in [5, 5.41) is 11.3. The molecule has 0 radical (unpaired) electrons. The van der Waals surface area contributed by atoms with Gasteiger partial charge in [-0.3, -0.25) is 4.79 Å². The highest BCUT2D eigenvalue weighted by atomic mass is 16.5. The molecular weight excluding hydrogens is 424 g/mol. The fraction of sp³-hybridized carbons (Fsp3) is 0.321. The Hall–Kier alpha value is -3.35. The third-order valence-electron chi connectivity index (χ3n) is 8.90. The number of aromatic nitrogens is 2. The van der Waals surface area contributed by atoms with Gasteiger partial charge in [-0.05, 0) is 31.7 Å². The van der Waals surface area contributed by atoms with Gasteiger partial charge in [0.05, 0.1) is 27.6 Å². The Kier molecular flexibility index (Phi) is 3.36. The summed E-state index contributed by atoms with van der Waals surface area (Å²) in [6.45, 7) is 5.10. The van der Waals surface area contributed by atoms with Gasteiger partial charge >= 0.3 is 0 Å². The van der Waals surface area contributed by atoms with Crippen molar-refractivity contribution in [3.63, 3.8) is 0 Å². The summed E-state index contributed by atoms with van der Waals surface area (Å²) < 4.78 is 12.0. The summed E-state index contributed by atoms with van der Waals surface area (Å²) in [5.74, 6) is 0.268. The highest BCUT2D eigenvalue weighted by Gasteiger charge is 2.50. The molecule has 6 nitrogen and oxygen atoms in total. The smallest absolute Gasteiger partial charge is 0.252 e. The Bertz CT molecular complexity index is 1730. The van der Waals surface area contributed by atoms with Crippen molar-refractivity contribution in [3.05, 3.63) is 59.7 Å². The number of fused-ring (bicyclic) bond motifs is 13. The maximum Gasteiger partial charge on any atom is 0.252 e. The number of carbonyl (C=O) groups excluding carboxylic acids is 1. The lowest BCUT2D eigenvalue weighted by Crippen LogP contribution is -2.54. The SMILES string of the molecule is CN[C@H]1C[C@@H]2O[C@@](C)([C@H]1C)n1c3ccccc3c3c4c(c5c6ccccc6n2c5c31)C(=O)NC4. The largest absolute Gasteiger partial charge is 0.348 e. The van der Waals surface area contributed by atoms with Gasteiger partial charge in [-0.25, -0.2) is 0 Å². The Balaban J connectivity index is 1.74. The molecule has 3 aliphatic rings. The van der Waals surface area contributed by atoms with E-state index < -0.39 is 5.72 Å². The van der Waals surface area contributed by atoms with Crippen LogP contribution in [0, 0.1) is 5.92 Å². The van der Waals surface area contributed by atoms with E-state index in [9.17, 15) is 4.79 Å². The quantitative estimate of drug-likeness (QED) is 0.379. The van der Waals surface area contributed by atoms with Crippen molar-refractivity contribution in [1.82, 2.24) is 19.8 Å². The van der Waals surface area contributed by atoms with E-state index in [0.29, 0.717) is 12.6 Å². The maximum absolute atomic E-state index is 13.3. The second kappa shape index (κ2) is 6.01. The van der Waals surface area contributed by atoms with Crippen LogP contribution in [0.3, 0.4) is 0 Å². The molecule has 0 unspecified atom stereocenters. The minimum atomic E-state index is -0.546. The summed E-state index contributed by atoms with van der Waals surface area (Å²) >= 11 is 0. The maximum atomic E-state index is 13.3. The summed E-state index contributed by atoms with van der Waals surface area (Å²) in [6, 6.07) is 17.4. The van der Waals surface area contributed by atoms with E-state index in [1.165, 1.54) is 16.3 Å². The number of hydrogen-bond donors (Lipinski definition) is 2. The van der Waals surface area contributed by atoms with Crippen LogP contribution >= 0.6 is 0 Å². The minimum absolute atomic E-state index is 0.0254. The average molecular weight is 451 g/mol. The minimum Gasteiger partial charge on any atom is -0.348 e. The number of nitrogens with one attached hydrogen (secondary N) is 2. The van der Waals surface area contributed by atoms with Crippen LogP contribution in [-0.4, -0.2) is 28.1 Å². The van der Waals surface area contributed by atoms with Crippen molar-refractivity contribution in [1.29, 1.82) is 0 Å². The highest BCUT2D eigenvalue weighted by molar-refractivity contribution is 6.31. The van der Waals surface area contributed by atoms with Crippen LogP contribution in [0.15, 0.2) is 48.5 Å². The van der Waals surface area contributed by atoms with E-state index in [2.05, 4.69) is 89.2 Å². The molecule has 1 fully saturated rings. The molecular formula is C28H26N4O2. The fourth-order valence-corrected chi connectivity index (χ4v) is 7.25. The molecule has 3 aromatic carbocycles. The van der Waals surface area contributed by atoms with Crippen molar-refractivity contribution >= 4 is 49.5 Å². The Morgan fingerprint density at radius 1 is 1.03 bits per heavy atom. The van der Waals surface area contributed by atoms with Crippen molar-refractivity contribution in [3.8, 4) is 0 Å². The first-order chi connectivity index (χ1) is 16.5. The van der Waals surface area contributed by atoms with Crippen LogP contribution in [-0.2, 0) is 17.0 Å². The number of benzene rings is 3. The predicted molar refractivity (Wildman–Crippen MR) is 134 cm³/mol. The second-order valence-corrected chi connectivity index (χ2v) is 10.3. The van der Waals surface area contributed by atoms with E-state index in [1.54, 1.807) is 0 Å². The van der Waals surface area contributed by atoms with Gasteiger partial charge in [0.1, 0.15) is 12.0 Å². The molecule has 1 amide bonds. The molecule has 5 aromatic rings. The van der Waals surface area contributed by atoms with Crippen LogP contribution in [0.5, 0.6) is 0 Å². The number of nitrogens with zero attached hydrogens (tertiary/aromatic N) is 2. The summed E-state index contributed by atoms with van der Waals surface area (Å²) in [4.78, 5) is 13.3. The number of amides is 1. The van der Waals surface area contributed by atoms with Gasteiger partial charge in [0.15, 0.2) is 0 Å². The number of ether oxygens (including phenoxy) is 1. The van der Waals surface area contributed by atoms with Gasteiger partial charge < -0.3 is 24.5 Å². The van der Waals surface area contributed by atoms with Gasteiger partial charge in [-0.1, -0.05) is 43.3 Å². The summed E-state index contributed by atoms with van der Waals surface area (Å²) in [7, 11) is 2.06. The zero-order valence-corrected chi connectivity index (χ0v) is 19.5. The van der Waals surface area contributed by atoms with Crippen LogP contribution in [0.2, 0.25) is 0 Å². The lowest BCUT2D eigenvalue weighted by molar-refractivity contribution is -0.224. The van der Waals surface area contributed by atoms with E-state index in [4.69, 9.17) is 4.74 Å². The Morgan fingerprint density at radius 2 is 1.74 bits per heavy atom. The Labute approximate surface area is 196 Å². The first kappa shape index (κ1) is 19.0. The molecule has 5 heterocycles. The lowest BCUT2D eigenvalue weighted by Gasteiger charge is -2.48. The summed E-state index contributed by atoms with van der Waals surface area (Å²) in [5.41, 5.74) is 6.01. The molecule has 2 N–H and O–H groups in total. The zero-order chi connectivity index (χ0) is 22.9. The highest BCUT2D eigenvalue weighted by Crippen LogP contribution is 2.54. The van der Waals surface area contributed by atoms with Crippen LogP contribution in [0.25, 0.3) is 43.6 Å². The van der Waals surface area contributed by atoms with E-state index in [-0.39, 0.29) is 18.1 Å². The summed E-state index contributed by atoms with van der Waals surface area (Å²) in [6.07, 6.45) is 0.736. The first-order valence-corrected chi connectivity index (χ1v) is 12.2. The first-order valence-electron chi connectivity index (χ1n) is 12.2. The Morgan fingerprint density at radius 3 is 2.50 bits per heavy atom. The molecule has 1 saturated heterocycles. The van der Waals surface area contributed by atoms with Gasteiger partial charge in [0.2, 0.25) is 0 Å².